The Morgan fingerprint density at radius 2 is 2.33 bits per heavy atom. The number of halogens is 1. The number of rotatable bonds is 2. The third-order valence-electron chi connectivity index (χ3n) is 1.70. The van der Waals surface area contributed by atoms with E-state index in [1.807, 2.05) is 11.5 Å². The Hall–Kier alpha value is -2.29. The SMILES string of the molecule is CN(NC(=O)O)c1cc(C#N)ccc1F. The number of hydrazine groups is 1. The molecule has 15 heavy (non-hydrogen) atoms. The number of amides is 1. The summed E-state index contributed by atoms with van der Waals surface area (Å²) < 4.78 is 13.2. The molecule has 2 N–H and O–H groups in total. The Morgan fingerprint density at radius 3 is 2.87 bits per heavy atom. The van der Waals surface area contributed by atoms with Gasteiger partial charge in [-0.2, -0.15) is 5.26 Å². The number of nitrogens with zero attached hydrogens (tertiary/aromatic N) is 2. The van der Waals surface area contributed by atoms with Gasteiger partial charge in [-0.25, -0.2) is 14.6 Å². The molecular formula is C9H8FN3O2. The monoisotopic (exact) mass is 209 g/mol. The van der Waals surface area contributed by atoms with E-state index >= 15 is 0 Å². The molecule has 0 aliphatic carbocycles. The molecule has 1 aromatic rings. The predicted octanol–water partition coefficient (Wildman–Crippen LogP) is 1.32. The molecular weight excluding hydrogens is 201 g/mol. The number of carbonyl (C=O) groups is 1. The van der Waals surface area contributed by atoms with Gasteiger partial charge in [0, 0.05) is 7.05 Å². The zero-order chi connectivity index (χ0) is 11.4. The van der Waals surface area contributed by atoms with E-state index in [0.717, 1.165) is 11.1 Å². The van der Waals surface area contributed by atoms with E-state index < -0.39 is 11.9 Å². The molecule has 0 unspecified atom stereocenters. The first-order valence-corrected chi connectivity index (χ1v) is 3.97. The maximum absolute atomic E-state index is 13.2. The minimum atomic E-state index is -1.31. The lowest BCUT2D eigenvalue weighted by molar-refractivity contribution is 0.194. The number of hydrogen-bond acceptors (Lipinski definition) is 3. The van der Waals surface area contributed by atoms with Crippen LogP contribution in [0.15, 0.2) is 18.2 Å². The molecule has 0 spiro atoms. The van der Waals surface area contributed by atoms with Crippen LogP contribution in [0.5, 0.6) is 0 Å². The normalized spacial score (nSPS) is 9.13. The lowest BCUT2D eigenvalue weighted by Gasteiger charge is -2.18. The van der Waals surface area contributed by atoms with Gasteiger partial charge in [0.25, 0.3) is 0 Å². The van der Waals surface area contributed by atoms with Crippen molar-refractivity contribution in [1.82, 2.24) is 5.43 Å². The smallest absolute Gasteiger partial charge is 0.423 e. The van der Waals surface area contributed by atoms with Gasteiger partial charge in [0.15, 0.2) is 0 Å². The summed E-state index contributed by atoms with van der Waals surface area (Å²) in [4.78, 5) is 10.3. The van der Waals surface area contributed by atoms with E-state index in [-0.39, 0.29) is 11.3 Å². The van der Waals surface area contributed by atoms with Gasteiger partial charge in [0.2, 0.25) is 0 Å². The molecule has 0 fully saturated rings. The lowest BCUT2D eigenvalue weighted by atomic mass is 10.2. The van der Waals surface area contributed by atoms with E-state index in [9.17, 15) is 9.18 Å². The minimum Gasteiger partial charge on any atom is -0.464 e. The van der Waals surface area contributed by atoms with Gasteiger partial charge in [-0.1, -0.05) is 0 Å². The lowest BCUT2D eigenvalue weighted by Crippen LogP contribution is -2.38. The number of carboxylic acid groups (broad SMARTS) is 1. The van der Waals surface area contributed by atoms with Crippen LogP contribution >= 0.6 is 0 Å². The highest BCUT2D eigenvalue weighted by atomic mass is 19.1. The van der Waals surface area contributed by atoms with Crippen molar-refractivity contribution >= 4 is 11.8 Å². The Bertz CT molecular complexity index is 428. The van der Waals surface area contributed by atoms with E-state index in [1.165, 1.54) is 19.2 Å². The highest BCUT2D eigenvalue weighted by molar-refractivity contribution is 5.68. The summed E-state index contributed by atoms with van der Waals surface area (Å²) in [5, 5.41) is 18.0. The summed E-state index contributed by atoms with van der Waals surface area (Å²) in [7, 11) is 1.34. The third-order valence-corrected chi connectivity index (χ3v) is 1.70. The van der Waals surface area contributed by atoms with Crippen molar-refractivity contribution in [1.29, 1.82) is 5.26 Å². The van der Waals surface area contributed by atoms with E-state index in [1.54, 1.807) is 0 Å². The van der Waals surface area contributed by atoms with Crippen LogP contribution in [0.4, 0.5) is 14.9 Å². The number of nitrogens with one attached hydrogen (secondary N) is 1. The highest BCUT2D eigenvalue weighted by Crippen LogP contribution is 2.17. The molecule has 0 aromatic heterocycles. The minimum absolute atomic E-state index is 0.00329. The van der Waals surface area contributed by atoms with Crippen LogP contribution in [0, 0.1) is 17.1 Å². The summed E-state index contributed by atoms with van der Waals surface area (Å²) in [6, 6.07) is 5.51. The molecule has 0 aliphatic rings. The Labute approximate surface area is 85.3 Å². The fourth-order valence-electron chi connectivity index (χ4n) is 1.04. The molecule has 1 aromatic carbocycles. The van der Waals surface area contributed by atoms with Crippen molar-refractivity contribution in [2.75, 3.05) is 12.1 Å². The van der Waals surface area contributed by atoms with Gasteiger partial charge in [0.05, 0.1) is 17.3 Å². The fourth-order valence-corrected chi connectivity index (χ4v) is 1.04. The van der Waals surface area contributed by atoms with Crippen LogP contribution in [0.3, 0.4) is 0 Å². The van der Waals surface area contributed by atoms with Crippen LogP contribution in [0.2, 0.25) is 0 Å². The van der Waals surface area contributed by atoms with E-state index in [0.29, 0.717) is 0 Å². The van der Waals surface area contributed by atoms with Crippen molar-refractivity contribution in [2.45, 2.75) is 0 Å². The number of anilines is 1. The first-order chi connectivity index (χ1) is 7.04. The average Bonchev–Trinajstić information content (AvgIpc) is 2.17. The van der Waals surface area contributed by atoms with Gasteiger partial charge in [-0.15, -0.1) is 0 Å². The standard InChI is InChI=1S/C9H8FN3O2/c1-13(12-9(14)15)8-4-6(5-11)2-3-7(8)10/h2-4,12H,1H3,(H,14,15). The molecule has 0 saturated carbocycles. The van der Waals surface area contributed by atoms with Gasteiger partial charge < -0.3 is 5.11 Å². The molecule has 1 rings (SSSR count). The predicted molar refractivity (Wildman–Crippen MR) is 50.7 cm³/mol. The number of nitriles is 1. The summed E-state index contributed by atoms with van der Waals surface area (Å²) in [5.74, 6) is -0.606. The van der Waals surface area contributed by atoms with Crippen molar-refractivity contribution in [3.8, 4) is 6.07 Å². The zero-order valence-corrected chi connectivity index (χ0v) is 7.86. The first kappa shape index (κ1) is 10.8. The molecule has 0 bridgehead atoms. The third kappa shape index (κ3) is 2.57. The van der Waals surface area contributed by atoms with Crippen LogP contribution < -0.4 is 10.4 Å². The Kier molecular flexibility index (Phi) is 3.08. The molecule has 1 amide bonds. The molecule has 0 radical (unpaired) electrons. The second-order valence-electron chi connectivity index (χ2n) is 2.75. The van der Waals surface area contributed by atoms with Crippen LogP contribution in [-0.4, -0.2) is 18.2 Å². The maximum Gasteiger partial charge on any atom is 0.423 e. The summed E-state index contributed by atoms with van der Waals surface area (Å²) >= 11 is 0. The van der Waals surface area contributed by atoms with Crippen LogP contribution in [0.25, 0.3) is 0 Å². The summed E-state index contributed by atoms with van der Waals surface area (Å²) in [6.45, 7) is 0. The van der Waals surface area contributed by atoms with Gasteiger partial charge in [0.1, 0.15) is 5.82 Å². The van der Waals surface area contributed by atoms with Crippen molar-refractivity contribution in [3.63, 3.8) is 0 Å². The van der Waals surface area contributed by atoms with Crippen molar-refractivity contribution in [3.05, 3.63) is 29.6 Å². The van der Waals surface area contributed by atoms with Crippen LogP contribution in [0.1, 0.15) is 5.56 Å². The van der Waals surface area contributed by atoms with E-state index in [2.05, 4.69) is 0 Å². The second-order valence-corrected chi connectivity index (χ2v) is 2.75. The van der Waals surface area contributed by atoms with Crippen molar-refractivity contribution in [2.24, 2.45) is 0 Å². The summed E-state index contributed by atoms with van der Waals surface area (Å²) in [5.41, 5.74) is 2.20. The number of hydrogen-bond donors (Lipinski definition) is 2. The first-order valence-electron chi connectivity index (χ1n) is 3.97. The molecule has 78 valence electrons. The maximum atomic E-state index is 13.2. The zero-order valence-electron chi connectivity index (χ0n) is 7.86. The fraction of sp³-hybridized carbons (Fsp3) is 0.111. The Balaban J connectivity index is 3.02. The van der Waals surface area contributed by atoms with E-state index in [4.69, 9.17) is 10.4 Å². The van der Waals surface area contributed by atoms with Gasteiger partial charge >= 0.3 is 6.09 Å². The largest absolute Gasteiger partial charge is 0.464 e. The highest BCUT2D eigenvalue weighted by Gasteiger charge is 2.10. The summed E-state index contributed by atoms with van der Waals surface area (Å²) in [6.07, 6.45) is -1.31. The molecule has 0 saturated heterocycles. The average molecular weight is 209 g/mol. The van der Waals surface area contributed by atoms with Crippen LogP contribution in [-0.2, 0) is 0 Å². The van der Waals surface area contributed by atoms with Crippen molar-refractivity contribution < 1.29 is 14.3 Å². The molecule has 0 heterocycles. The number of benzene rings is 1. The van der Waals surface area contributed by atoms with Gasteiger partial charge in [-0.05, 0) is 18.2 Å². The second kappa shape index (κ2) is 4.28. The van der Waals surface area contributed by atoms with Gasteiger partial charge in [-0.3, -0.25) is 5.01 Å². The Morgan fingerprint density at radius 1 is 1.67 bits per heavy atom. The topological polar surface area (TPSA) is 76.4 Å². The quantitative estimate of drug-likeness (QED) is 0.720. The molecule has 5 nitrogen and oxygen atoms in total. The molecule has 0 atom stereocenters. The molecule has 6 heteroatoms. The molecule has 0 aliphatic heterocycles.